The maximum atomic E-state index is 11.6. The molecule has 1 aromatic carbocycles. The third-order valence-electron chi connectivity index (χ3n) is 2.23. The lowest BCUT2D eigenvalue weighted by Gasteiger charge is -2.17. The molecule has 1 rings (SSSR count). The molecule has 0 bridgehead atoms. The number of nitrogens with two attached hydrogens (primary N) is 1. The van der Waals surface area contributed by atoms with E-state index in [0.717, 1.165) is 11.4 Å². The number of hydrogen-bond donors (Lipinski definition) is 1. The maximum Gasteiger partial charge on any atom is 0.441 e. The number of carbonyl (C=O) groups excluding carboxylic acids is 1. The van der Waals surface area contributed by atoms with Gasteiger partial charge < -0.3 is 9.64 Å². The minimum Gasteiger partial charge on any atom is -0.442 e. The molecule has 1 aromatic rings. The molecule has 0 saturated heterocycles. The van der Waals surface area contributed by atoms with Gasteiger partial charge in [-0.05, 0) is 52.6 Å². The van der Waals surface area contributed by atoms with Gasteiger partial charge in [0.05, 0.1) is 0 Å². The molecular formula is C14H23N3O2S. The summed E-state index contributed by atoms with van der Waals surface area (Å²) in [6.07, 6.45) is -0.624. The van der Waals surface area contributed by atoms with E-state index in [4.69, 9.17) is 9.88 Å². The van der Waals surface area contributed by atoms with Gasteiger partial charge in [-0.3, -0.25) is 5.14 Å². The van der Waals surface area contributed by atoms with Gasteiger partial charge in [-0.15, -0.1) is 4.36 Å². The highest BCUT2D eigenvalue weighted by Gasteiger charge is 2.16. The molecule has 1 amide bonds. The van der Waals surface area contributed by atoms with E-state index in [1.807, 2.05) is 38.4 Å². The highest BCUT2D eigenvalue weighted by Crippen LogP contribution is 2.12. The molecule has 0 aliphatic carbocycles. The van der Waals surface area contributed by atoms with Crippen LogP contribution in [0.4, 0.5) is 4.79 Å². The van der Waals surface area contributed by atoms with Crippen molar-refractivity contribution < 1.29 is 9.53 Å². The van der Waals surface area contributed by atoms with Crippen molar-refractivity contribution in [3.63, 3.8) is 0 Å². The lowest BCUT2D eigenvalue weighted by Crippen LogP contribution is -2.22. The second-order valence-electron chi connectivity index (χ2n) is 5.77. The summed E-state index contributed by atoms with van der Waals surface area (Å²) < 4.78 is 8.98. The van der Waals surface area contributed by atoms with E-state index in [0.29, 0.717) is 0 Å². The van der Waals surface area contributed by atoms with Crippen LogP contribution in [0.15, 0.2) is 33.5 Å². The first-order chi connectivity index (χ1) is 9.17. The molecule has 0 saturated carbocycles. The molecule has 2 N–H and O–H groups in total. The van der Waals surface area contributed by atoms with Crippen LogP contribution in [-0.2, 0) is 22.2 Å². The standard InChI is InChI=1S/C14H23N3O2S/c1-14(2,3)19-13(18)16-20(15)12-8-6-11(7-9-12)10-17(4)5/h6-9H,10H2,1-5H3,(H2,15,16,18). The van der Waals surface area contributed by atoms with Crippen molar-refractivity contribution in [3.8, 4) is 0 Å². The first-order valence-corrected chi connectivity index (χ1v) is 7.59. The number of benzene rings is 1. The fourth-order valence-corrected chi connectivity index (χ4v) is 2.23. The highest BCUT2D eigenvalue weighted by atomic mass is 32.2. The van der Waals surface area contributed by atoms with E-state index in [9.17, 15) is 4.79 Å². The summed E-state index contributed by atoms with van der Waals surface area (Å²) in [4.78, 5) is 14.5. The number of rotatable bonds is 3. The number of amides is 1. The van der Waals surface area contributed by atoms with Crippen molar-refractivity contribution in [2.45, 2.75) is 37.8 Å². The van der Waals surface area contributed by atoms with E-state index < -0.39 is 22.6 Å². The average Bonchev–Trinajstić information content (AvgIpc) is 2.26. The van der Waals surface area contributed by atoms with Gasteiger partial charge in [0, 0.05) is 22.3 Å². The van der Waals surface area contributed by atoms with Crippen molar-refractivity contribution in [1.82, 2.24) is 4.90 Å². The average molecular weight is 297 g/mol. The summed E-state index contributed by atoms with van der Waals surface area (Å²) in [5, 5.41) is 5.92. The molecule has 0 aliphatic rings. The lowest BCUT2D eigenvalue weighted by atomic mass is 10.2. The summed E-state index contributed by atoms with van der Waals surface area (Å²) in [6.45, 7) is 6.25. The quantitative estimate of drug-likeness (QED) is 0.931. The van der Waals surface area contributed by atoms with Crippen molar-refractivity contribution in [3.05, 3.63) is 29.8 Å². The molecule has 0 aromatic heterocycles. The van der Waals surface area contributed by atoms with E-state index >= 15 is 0 Å². The summed E-state index contributed by atoms with van der Waals surface area (Å²) in [5.41, 5.74) is 0.633. The molecule has 0 radical (unpaired) electrons. The smallest absolute Gasteiger partial charge is 0.441 e. The molecule has 1 unspecified atom stereocenters. The zero-order chi connectivity index (χ0) is 15.3. The van der Waals surface area contributed by atoms with E-state index in [1.54, 1.807) is 20.8 Å². The molecule has 112 valence electrons. The largest absolute Gasteiger partial charge is 0.442 e. The van der Waals surface area contributed by atoms with Gasteiger partial charge in [-0.1, -0.05) is 12.1 Å². The van der Waals surface area contributed by atoms with Crippen LogP contribution in [0.5, 0.6) is 0 Å². The molecule has 0 heterocycles. The monoisotopic (exact) mass is 297 g/mol. The molecule has 1 atom stereocenters. The third-order valence-corrected chi connectivity index (χ3v) is 3.33. The summed E-state index contributed by atoms with van der Waals surface area (Å²) in [7, 11) is 3.04. The van der Waals surface area contributed by atoms with Crippen LogP contribution in [0, 0.1) is 0 Å². The fourth-order valence-electron chi connectivity index (χ4n) is 1.51. The molecule has 5 nitrogen and oxygen atoms in total. The predicted molar refractivity (Wildman–Crippen MR) is 82.3 cm³/mol. The fraction of sp³-hybridized carbons (Fsp3) is 0.500. The Morgan fingerprint density at radius 3 is 2.30 bits per heavy atom. The predicted octanol–water partition coefficient (Wildman–Crippen LogP) is 2.72. The number of hydrogen-bond acceptors (Lipinski definition) is 3. The zero-order valence-electron chi connectivity index (χ0n) is 12.7. The minimum atomic E-state index is -0.982. The zero-order valence-corrected chi connectivity index (χ0v) is 13.5. The van der Waals surface area contributed by atoms with Gasteiger partial charge in [0.1, 0.15) is 5.60 Å². The lowest BCUT2D eigenvalue weighted by molar-refractivity contribution is 0.0608. The maximum absolute atomic E-state index is 11.6. The third kappa shape index (κ3) is 6.27. The minimum absolute atomic E-state index is 0.555. The van der Waals surface area contributed by atoms with Crippen LogP contribution < -0.4 is 5.14 Å². The molecule has 0 fully saturated rings. The van der Waals surface area contributed by atoms with Crippen LogP contribution in [0.3, 0.4) is 0 Å². The van der Waals surface area contributed by atoms with E-state index in [2.05, 4.69) is 9.26 Å². The second kappa shape index (κ2) is 6.97. The van der Waals surface area contributed by atoms with Crippen LogP contribution >= 0.6 is 0 Å². The van der Waals surface area contributed by atoms with Crippen molar-refractivity contribution in [2.24, 2.45) is 9.50 Å². The Balaban J connectivity index is 2.76. The number of nitrogens with zero attached hydrogens (tertiary/aromatic N) is 2. The Morgan fingerprint density at radius 2 is 1.85 bits per heavy atom. The van der Waals surface area contributed by atoms with Gasteiger partial charge in [0.2, 0.25) is 0 Å². The van der Waals surface area contributed by atoms with Gasteiger partial charge in [-0.25, -0.2) is 4.79 Å². The van der Waals surface area contributed by atoms with Gasteiger partial charge in [0.25, 0.3) is 0 Å². The highest BCUT2D eigenvalue weighted by molar-refractivity contribution is 7.85. The normalized spacial score (nSPS) is 13.6. The topological polar surface area (TPSA) is 67.9 Å². The molecule has 20 heavy (non-hydrogen) atoms. The van der Waals surface area contributed by atoms with Crippen molar-refractivity contribution in [2.75, 3.05) is 14.1 Å². The van der Waals surface area contributed by atoms with Gasteiger partial charge >= 0.3 is 6.09 Å². The Bertz CT molecular complexity index is 490. The number of ether oxygens (including phenoxy) is 1. The molecule has 0 spiro atoms. The van der Waals surface area contributed by atoms with Crippen LogP contribution in [0.25, 0.3) is 0 Å². The summed E-state index contributed by atoms with van der Waals surface area (Å²) in [5.74, 6) is 0. The number of carbonyl (C=O) groups is 1. The Hall–Kier alpha value is -1.24. The van der Waals surface area contributed by atoms with Crippen LogP contribution in [-0.4, -0.2) is 30.7 Å². The first-order valence-electron chi connectivity index (χ1n) is 6.34. The van der Waals surface area contributed by atoms with Crippen molar-refractivity contribution >= 4 is 17.0 Å². The molecular weight excluding hydrogens is 274 g/mol. The second-order valence-corrected chi connectivity index (χ2v) is 7.05. The van der Waals surface area contributed by atoms with Crippen molar-refractivity contribution in [1.29, 1.82) is 0 Å². The molecule has 0 aliphatic heterocycles. The van der Waals surface area contributed by atoms with Crippen LogP contribution in [0.2, 0.25) is 0 Å². The first kappa shape index (κ1) is 16.8. The SMILES string of the molecule is CN(C)Cc1ccc(/S(N)=N\C(=O)OC(C)(C)C)cc1. The Kier molecular flexibility index (Phi) is 5.86. The van der Waals surface area contributed by atoms with Gasteiger partial charge in [0.15, 0.2) is 0 Å². The summed E-state index contributed by atoms with van der Waals surface area (Å²) >= 11 is 0. The van der Waals surface area contributed by atoms with E-state index in [-0.39, 0.29) is 0 Å². The Morgan fingerprint density at radius 1 is 1.30 bits per heavy atom. The van der Waals surface area contributed by atoms with Crippen LogP contribution in [0.1, 0.15) is 26.3 Å². The summed E-state index contributed by atoms with van der Waals surface area (Å²) in [6, 6.07) is 7.78. The van der Waals surface area contributed by atoms with E-state index in [1.165, 1.54) is 5.56 Å². The Labute approximate surface area is 123 Å². The molecule has 6 heteroatoms. The van der Waals surface area contributed by atoms with Gasteiger partial charge in [-0.2, -0.15) is 0 Å².